The summed E-state index contributed by atoms with van der Waals surface area (Å²) in [5.74, 6) is 0.0651. The lowest BCUT2D eigenvalue weighted by molar-refractivity contribution is 0.0346. The van der Waals surface area contributed by atoms with E-state index in [1.807, 2.05) is 0 Å². The largest absolute Gasteiger partial charge is 0.508 e. The molecule has 1 aromatic heterocycles. The summed E-state index contributed by atoms with van der Waals surface area (Å²) in [5, 5.41) is 23.9. The summed E-state index contributed by atoms with van der Waals surface area (Å²) in [7, 11) is 0. The lowest BCUT2D eigenvalue weighted by Crippen LogP contribution is -2.28. The Labute approximate surface area is 103 Å². The molecule has 5 nitrogen and oxygen atoms in total. The number of hydrogen-bond donors (Lipinski definition) is 2. The van der Waals surface area contributed by atoms with Gasteiger partial charge in [0.05, 0.1) is 11.6 Å². The summed E-state index contributed by atoms with van der Waals surface area (Å²) < 4.78 is 1.52. The highest BCUT2D eigenvalue weighted by Gasteiger charge is 2.26. The van der Waals surface area contributed by atoms with Crippen LogP contribution >= 0.6 is 11.6 Å². The first-order valence-electron chi connectivity index (χ1n) is 5.03. The summed E-state index contributed by atoms with van der Waals surface area (Å²) in [6.07, 6.45) is 2.91. The summed E-state index contributed by atoms with van der Waals surface area (Å²) in [5.41, 5.74) is -0.647. The second kappa shape index (κ2) is 4.35. The number of nitrogens with zero attached hydrogens (tertiary/aromatic N) is 3. The van der Waals surface area contributed by atoms with E-state index in [2.05, 4.69) is 10.1 Å². The van der Waals surface area contributed by atoms with Crippen LogP contribution in [0.5, 0.6) is 5.75 Å². The van der Waals surface area contributed by atoms with Gasteiger partial charge in [-0.05, 0) is 19.1 Å². The summed E-state index contributed by atoms with van der Waals surface area (Å²) in [4.78, 5) is 3.80. The molecule has 0 fully saturated rings. The zero-order valence-electron chi connectivity index (χ0n) is 9.21. The Balaban J connectivity index is 2.30. The van der Waals surface area contributed by atoms with Crippen molar-refractivity contribution in [2.75, 3.05) is 0 Å². The molecule has 1 atom stereocenters. The molecule has 1 heterocycles. The number of aromatic nitrogens is 3. The van der Waals surface area contributed by atoms with Crippen molar-refractivity contribution in [3.63, 3.8) is 0 Å². The van der Waals surface area contributed by atoms with E-state index in [0.29, 0.717) is 10.6 Å². The van der Waals surface area contributed by atoms with Gasteiger partial charge in [-0.25, -0.2) is 9.67 Å². The van der Waals surface area contributed by atoms with Crippen molar-refractivity contribution in [3.8, 4) is 5.75 Å². The maximum atomic E-state index is 10.4. The zero-order valence-corrected chi connectivity index (χ0v) is 9.96. The molecule has 0 aliphatic rings. The first kappa shape index (κ1) is 11.9. The molecule has 90 valence electrons. The Hall–Kier alpha value is -1.59. The number of rotatable bonds is 3. The highest BCUT2D eigenvalue weighted by atomic mass is 35.5. The lowest BCUT2D eigenvalue weighted by Gasteiger charge is -2.24. The van der Waals surface area contributed by atoms with Crippen LogP contribution in [-0.2, 0) is 12.1 Å². The Kier molecular flexibility index (Phi) is 3.04. The molecular formula is C11H12ClN3O2. The molecular weight excluding hydrogens is 242 g/mol. The standard InChI is InChI=1S/C11H12ClN3O2/c1-11(17,5-15-7-13-6-14-15)9-3-2-8(16)4-10(9)12/h2-4,6-7,16-17H,5H2,1H3. The zero-order chi connectivity index (χ0) is 12.5. The molecule has 0 radical (unpaired) electrons. The maximum Gasteiger partial charge on any atom is 0.137 e. The average Bonchev–Trinajstić information content (AvgIpc) is 2.68. The van der Waals surface area contributed by atoms with E-state index in [1.54, 1.807) is 13.0 Å². The smallest absolute Gasteiger partial charge is 0.137 e. The van der Waals surface area contributed by atoms with Crippen LogP contribution in [0.25, 0.3) is 0 Å². The van der Waals surface area contributed by atoms with Gasteiger partial charge in [0.15, 0.2) is 0 Å². The first-order chi connectivity index (χ1) is 7.99. The van der Waals surface area contributed by atoms with E-state index in [1.165, 1.54) is 29.5 Å². The number of halogens is 1. The van der Waals surface area contributed by atoms with Gasteiger partial charge < -0.3 is 10.2 Å². The van der Waals surface area contributed by atoms with Crippen LogP contribution in [0, 0.1) is 0 Å². The molecule has 1 unspecified atom stereocenters. The molecule has 0 aliphatic heterocycles. The van der Waals surface area contributed by atoms with Crippen LogP contribution in [0.2, 0.25) is 5.02 Å². The Morgan fingerprint density at radius 2 is 2.24 bits per heavy atom. The highest BCUT2D eigenvalue weighted by Crippen LogP contribution is 2.31. The quantitative estimate of drug-likeness (QED) is 0.871. The molecule has 2 aromatic rings. The molecule has 17 heavy (non-hydrogen) atoms. The molecule has 0 bridgehead atoms. The predicted molar refractivity (Wildman–Crippen MR) is 62.7 cm³/mol. The third-order valence-corrected chi connectivity index (χ3v) is 2.78. The fourth-order valence-corrected chi connectivity index (χ4v) is 2.03. The van der Waals surface area contributed by atoms with E-state index in [9.17, 15) is 10.2 Å². The van der Waals surface area contributed by atoms with E-state index in [-0.39, 0.29) is 12.3 Å². The number of aromatic hydroxyl groups is 1. The maximum absolute atomic E-state index is 10.4. The molecule has 0 saturated carbocycles. The summed E-state index contributed by atoms with van der Waals surface area (Å²) in [6.45, 7) is 1.87. The van der Waals surface area contributed by atoms with Gasteiger partial charge in [-0.1, -0.05) is 17.7 Å². The monoisotopic (exact) mass is 253 g/mol. The molecule has 2 rings (SSSR count). The molecule has 0 amide bonds. The topological polar surface area (TPSA) is 71.2 Å². The Bertz CT molecular complexity index is 511. The third-order valence-electron chi connectivity index (χ3n) is 2.47. The normalized spacial score (nSPS) is 14.5. The average molecular weight is 254 g/mol. The molecule has 0 spiro atoms. The van der Waals surface area contributed by atoms with Gasteiger partial charge in [-0.3, -0.25) is 0 Å². The van der Waals surface area contributed by atoms with Crippen molar-refractivity contribution in [2.24, 2.45) is 0 Å². The van der Waals surface area contributed by atoms with Crippen molar-refractivity contribution in [2.45, 2.75) is 19.1 Å². The molecule has 1 aromatic carbocycles. The van der Waals surface area contributed by atoms with E-state index in [4.69, 9.17) is 11.6 Å². The molecule has 0 aliphatic carbocycles. The number of benzene rings is 1. The predicted octanol–water partition coefficient (Wildman–Crippen LogP) is 1.54. The summed E-state index contributed by atoms with van der Waals surface area (Å²) >= 11 is 5.99. The highest BCUT2D eigenvalue weighted by molar-refractivity contribution is 6.31. The van der Waals surface area contributed by atoms with Crippen LogP contribution in [0.3, 0.4) is 0 Å². The van der Waals surface area contributed by atoms with Gasteiger partial charge in [-0.15, -0.1) is 0 Å². The van der Waals surface area contributed by atoms with Crippen molar-refractivity contribution < 1.29 is 10.2 Å². The van der Waals surface area contributed by atoms with Gasteiger partial charge in [0.2, 0.25) is 0 Å². The van der Waals surface area contributed by atoms with Gasteiger partial charge >= 0.3 is 0 Å². The number of aliphatic hydroxyl groups is 1. The van der Waals surface area contributed by atoms with E-state index in [0.717, 1.165) is 0 Å². The fraction of sp³-hybridized carbons (Fsp3) is 0.273. The Morgan fingerprint density at radius 3 is 2.82 bits per heavy atom. The Morgan fingerprint density at radius 1 is 1.47 bits per heavy atom. The number of hydrogen-bond acceptors (Lipinski definition) is 4. The van der Waals surface area contributed by atoms with Crippen molar-refractivity contribution in [3.05, 3.63) is 41.4 Å². The minimum Gasteiger partial charge on any atom is -0.508 e. The first-order valence-corrected chi connectivity index (χ1v) is 5.40. The fourth-order valence-electron chi connectivity index (χ4n) is 1.66. The summed E-state index contributed by atoms with van der Waals surface area (Å²) in [6, 6.07) is 4.47. The third kappa shape index (κ3) is 2.57. The van der Waals surface area contributed by atoms with Crippen LogP contribution in [0.15, 0.2) is 30.9 Å². The van der Waals surface area contributed by atoms with Gasteiger partial charge in [0.1, 0.15) is 24.0 Å². The minimum absolute atomic E-state index is 0.0651. The SMILES string of the molecule is CC(O)(Cn1cncn1)c1ccc(O)cc1Cl. The molecule has 2 N–H and O–H groups in total. The molecule has 0 saturated heterocycles. The van der Waals surface area contributed by atoms with Gasteiger partial charge in [0.25, 0.3) is 0 Å². The lowest BCUT2D eigenvalue weighted by atomic mass is 9.96. The van der Waals surface area contributed by atoms with Crippen LogP contribution < -0.4 is 0 Å². The molecule has 6 heteroatoms. The van der Waals surface area contributed by atoms with E-state index < -0.39 is 5.60 Å². The number of phenols is 1. The van der Waals surface area contributed by atoms with Crippen LogP contribution in [0.4, 0.5) is 0 Å². The van der Waals surface area contributed by atoms with Crippen LogP contribution in [-0.4, -0.2) is 25.0 Å². The van der Waals surface area contributed by atoms with Crippen LogP contribution in [0.1, 0.15) is 12.5 Å². The van der Waals surface area contributed by atoms with Crippen molar-refractivity contribution in [1.82, 2.24) is 14.8 Å². The van der Waals surface area contributed by atoms with E-state index >= 15 is 0 Å². The van der Waals surface area contributed by atoms with Crippen molar-refractivity contribution in [1.29, 1.82) is 0 Å². The minimum atomic E-state index is -1.18. The van der Waals surface area contributed by atoms with Crippen molar-refractivity contribution >= 4 is 11.6 Å². The second-order valence-corrected chi connectivity index (χ2v) is 4.44. The van der Waals surface area contributed by atoms with Gasteiger partial charge in [-0.2, -0.15) is 5.10 Å². The number of phenolic OH excluding ortho intramolecular Hbond substituents is 1. The second-order valence-electron chi connectivity index (χ2n) is 4.03. The van der Waals surface area contributed by atoms with Gasteiger partial charge in [0, 0.05) is 5.56 Å².